The summed E-state index contributed by atoms with van der Waals surface area (Å²) < 4.78 is 0. The Labute approximate surface area is 139 Å². The molecule has 1 aliphatic rings. The van der Waals surface area contributed by atoms with Gasteiger partial charge in [-0.2, -0.15) is 15.8 Å². The van der Waals surface area contributed by atoms with E-state index in [1.54, 1.807) is 18.2 Å². The number of amides is 1. The molecule has 1 unspecified atom stereocenters. The van der Waals surface area contributed by atoms with Crippen LogP contribution in [0.25, 0.3) is 0 Å². The van der Waals surface area contributed by atoms with Gasteiger partial charge in [-0.1, -0.05) is 0 Å². The fourth-order valence-electron chi connectivity index (χ4n) is 1.10. The van der Waals surface area contributed by atoms with Crippen LogP contribution in [-0.4, -0.2) is 17.1 Å². The molecule has 0 aromatic carbocycles. The molecule has 0 saturated carbocycles. The van der Waals surface area contributed by atoms with Crippen LogP contribution in [0.15, 0.2) is 11.3 Å². The molecule has 8 heteroatoms. The smallest absolute Gasteiger partial charge is 1.00 e. The van der Waals surface area contributed by atoms with E-state index in [1.807, 2.05) is 0 Å². The van der Waals surface area contributed by atoms with Gasteiger partial charge in [-0.15, -0.1) is 0 Å². The summed E-state index contributed by atoms with van der Waals surface area (Å²) in [5.41, 5.74) is -0.261. The van der Waals surface area contributed by atoms with Gasteiger partial charge < -0.3 is 13.3 Å². The monoisotopic (exact) mass is 236 g/mol. The van der Waals surface area contributed by atoms with E-state index in [2.05, 4.69) is 5.32 Å². The first-order chi connectivity index (χ1) is 6.65. The maximum absolute atomic E-state index is 10.9. The van der Waals surface area contributed by atoms with Crippen molar-refractivity contribution in [3.63, 3.8) is 0 Å². The van der Waals surface area contributed by atoms with Gasteiger partial charge >= 0.3 is 59.1 Å². The van der Waals surface area contributed by atoms with E-state index in [0.29, 0.717) is 0 Å². The van der Waals surface area contributed by atoms with E-state index >= 15 is 0 Å². The standard InChI is InChI=1S/C8H4N4O2.2Na.2H/c9-1-4(2-10)6-5(3-11)7(13)8(14)12-6;;;;/h4,6,13H,(H,12,14);;;;/q;2*+1;2*-1. The van der Waals surface area contributed by atoms with Crippen molar-refractivity contribution in [3.05, 3.63) is 11.3 Å². The first-order valence-electron chi connectivity index (χ1n) is 3.59. The molecule has 72 valence electrons. The van der Waals surface area contributed by atoms with Crippen molar-refractivity contribution in [3.8, 4) is 18.2 Å². The second kappa shape index (κ2) is 7.70. The van der Waals surface area contributed by atoms with E-state index in [4.69, 9.17) is 20.9 Å². The molecule has 0 aromatic heterocycles. The molecule has 1 amide bonds. The Morgan fingerprint density at radius 1 is 1.31 bits per heavy atom. The third-order valence-corrected chi connectivity index (χ3v) is 1.80. The molecule has 0 radical (unpaired) electrons. The zero-order valence-electron chi connectivity index (χ0n) is 10.9. The van der Waals surface area contributed by atoms with E-state index in [-0.39, 0.29) is 67.5 Å². The molecule has 6 nitrogen and oxygen atoms in total. The minimum atomic E-state index is -1.17. The molecule has 2 N–H and O–H groups in total. The van der Waals surface area contributed by atoms with Gasteiger partial charge in [0.25, 0.3) is 5.91 Å². The van der Waals surface area contributed by atoms with Gasteiger partial charge in [0.2, 0.25) is 0 Å². The van der Waals surface area contributed by atoms with Gasteiger partial charge in [-0.25, -0.2) is 0 Å². The minimum absolute atomic E-state index is 0. The van der Waals surface area contributed by atoms with Gasteiger partial charge in [0.15, 0.2) is 11.7 Å². The molecular weight excluding hydrogens is 230 g/mol. The van der Waals surface area contributed by atoms with Gasteiger partial charge in [0.05, 0.1) is 18.2 Å². The quantitative estimate of drug-likeness (QED) is 0.439. The largest absolute Gasteiger partial charge is 1.00 e. The van der Waals surface area contributed by atoms with E-state index in [0.717, 1.165) is 0 Å². The summed E-state index contributed by atoms with van der Waals surface area (Å²) in [6.07, 6.45) is 0. The SMILES string of the molecule is N#CC1=C(O)C(=O)NC1C(C#N)C#N.[H-].[H-].[Na+].[Na+]. The minimum Gasteiger partial charge on any atom is -1.00 e. The molecule has 0 bridgehead atoms. The molecule has 1 atom stereocenters. The van der Waals surface area contributed by atoms with Crippen molar-refractivity contribution in [2.24, 2.45) is 5.92 Å². The number of nitrogens with zero attached hydrogens (tertiary/aromatic N) is 3. The molecule has 1 heterocycles. The molecule has 1 aliphatic heterocycles. The number of carbonyl (C=O) groups excluding carboxylic acids is 1. The summed E-state index contributed by atoms with van der Waals surface area (Å²) in [6, 6.07) is 3.82. The molecular formula is C8H6N4Na2O2. The van der Waals surface area contributed by atoms with Crippen LogP contribution in [0.2, 0.25) is 0 Å². The third kappa shape index (κ3) is 3.23. The summed E-state index contributed by atoms with van der Waals surface area (Å²) in [4.78, 5) is 10.9. The number of nitrogens with one attached hydrogen (secondary N) is 1. The molecule has 1 rings (SSSR count). The van der Waals surface area contributed by atoms with Gasteiger partial charge in [-0.3, -0.25) is 4.79 Å². The Balaban J connectivity index is -0.000000245. The Kier molecular flexibility index (Phi) is 8.60. The van der Waals surface area contributed by atoms with Gasteiger partial charge in [0.1, 0.15) is 11.6 Å². The molecule has 16 heavy (non-hydrogen) atoms. The van der Waals surface area contributed by atoms with Gasteiger partial charge in [0, 0.05) is 0 Å². The van der Waals surface area contributed by atoms with Crippen LogP contribution in [0.1, 0.15) is 2.85 Å². The number of nitriles is 3. The van der Waals surface area contributed by atoms with Crippen LogP contribution < -0.4 is 64.4 Å². The van der Waals surface area contributed by atoms with Crippen molar-refractivity contribution in [2.75, 3.05) is 0 Å². The number of aliphatic hydroxyl groups is 1. The first kappa shape index (κ1) is 17.9. The summed E-state index contributed by atoms with van der Waals surface area (Å²) in [6.45, 7) is 0. The van der Waals surface area contributed by atoms with Crippen molar-refractivity contribution < 1.29 is 71.9 Å². The Morgan fingerprint density at radius 3 is 2.19 bits per heavy atom. The average Bonchev–Trinajstić information content (AvgIpc) is 2.45. The number of aliphatic hydroxyl groups excluding tert-OH is 1. The fourth-order valence-corrected chi connectivity index (χ4v) is 1.10. The van der Waals surface area contributed by atoms with Crippen LogP contribution >= 0.6 is 0 Å². The van der Waals surface area contributed by atoms with Crippen LogP contribution in [0, 0.1) is 39.9 Å². The van der Waals surface area contributed by atoms with E-state index in [9.17, 15) is 4.79 Å². The van der Waals surface area contributed by atoms with Crippen LogP contribution in [0.5, 0.6) is 0 Å². The number of rotatable bonds is 1. The molecule has 0 spiro atoms. The first-order valence-corrected chi connectivity index (χ1v) is 3.59. The zero-order valence-corrected chi connectivity index (χ0v) is 12.9. The van der Waals surface area contributed by atoms with Crippen LogP contribution in [0.3, 0.4) is 0 Å². The van der Waals surface area contributed by atoms with Crippen molar-refractivity contribution in [2.45, 2.75) is 6.04 Å². The fraction of sp³-hybridized carbons (Fsp3) is 0.250. The summed E-state index contributed by atoms with van der Waals surface area (Å²) in [7, 11) is 0. The van der Waals surface area contributed by atoms with Crippen molar-refractivity contribution >= 4 is 5.91 Å². The average molecular weight is 236 g/mol. The molecule has 0 fully saturated rings. The summed E-state index contributed by atoms with van der Waals surface area (Å²) in [5, 5.41) is 36.9. The maximum atomic E-state index is 10.9. The van der Waals surface area contributed by atoms with Crippen molar-refractivity contribution in [1.29, 1.82) is 15.8 Å². The van der Waals surface area contributed by atoms with Crippen molar-refractivity contribution in [1.82, 2.24) is 5.32 Å². The zero-order chi connectivity index (χ0) is 10.7. The predicted octanol–water partition coefficient (Wildman–Crippen LogP) is -6.28. The van der Waals surface area contributed by atoms with Crippen LogP contribution in [-0.2, 0) is 4.79 Å². The number of hydrogen-bond donors (Lipinski definition) is 2. The molecule has 0 aliphatic carbocycles. The third-order valence-electron chi connectivity index (χ3n) is 1.80. The molecule has 0 aromatic rings. The topological polar surface area (TPSA) is 121 Å². The van der Waals surface area contributed by atoms with E-state index < -0.39 is 23.6 Å². The molecule has 0 saturated heterocycles. The Bertz CT molecular complexity index is 435. The Hall–Kier alpha value is -0.520. The van der Waals surface area contributed by atoms with Crippen LogP contribution in [0.4, 0.5) is 0 Å². The second-order valence-electron chi connectivity index (χ2n) is 2.56. The normalized spacial score (nSPS) is 17.4. The van der Waals surface area contributed by atoms with Gasteiger partial charge in [-0.05, 0) is 0 Å². The Morgan fingerprint density at radius 2 is 1.81 bits per heavy atom. The number of carbonyl (C=O) groups is 1. The summed E-state index contributed by atoms with van der Waals surface area (Å²) in [5.74, 6) is -2.71. The predicted molar refractivity (Wildman–Crippen MR) is 44.1 cm³/mol. The summed E-state index contributed by atoms with van der Waals surface area (Å²) >= 11 is 0. The van der Waals surface area contributed by atoms with E-state index in [1.165, 1.54) is 0 Å². The maximum Gasteiger partial charge on any atom is 1.00 e. The second-order valence-corrected chi connectivity index (χ2v) is 2.56. The number of hydrogen-bond acceptors (Lipinski definition) is 5.